The molecular weight excluding hydrogens is 377 g/mol. The minimum Gasteiger partial charge on any atom is -0.382 e. The molecule has 8 heteroatoms. The molecule has 28 heavy (non-hydrogen) atoms. The fraction of sp³-hybridized carbons (Fsp3) is 0.150. The number of anilines is 1. The fourth-order valence-corrected chi connectivity index (χ4v) is 3.82. The first-order valence-electron chi connectivity index (χ1n) is 8.51. The highest BCUT2D eigenvalue weighted by Crippen LogP contribution is 2.30. The Morgan fingerprint density at radius 1 is 1.21 bits per heavy atom. The van der Waals surface area contributed by atoms with Crippen LogP contribution in [0.25, 0.3) is 22.4 Å². The van der Waals surface area contributed by atoms with E-state index in [2.05, 4.69) is 14.7 Å². The Balaban J connectivity index is 1.94. The Morgan fingerprint density at radius 3 is 2.68 bits per heavy atom. The van der Waals surface area contributed by atoms with Gasteiger partial charge in [0.15, 0.2) is 0 Å². The first kappa shape index (κ1) is 19.6. The Morgan fingerprint density at radius 2 is 2.00 bits per heavy atom. The molecule has 0 amide bonds. The number of nitriles is 1. The number of nitrogen functional groups attached to an aromatic ring is 1. The zero-order valence-corrected chi connectivity index (χ0v) is 15.9. The standard InChI is InChI=1S/C20H18FN5OS/c1-13(8-9-22)26-28(27)19-5-3-2-4-15(19)14-6-7-16(17(21)10-14)18-11-25-20(23)12-24-18/h2-7,10-13,26H,8H2,1H3,(H2,23,25)/t13-,28?/m0/s1. The number of nitrogens with zero attached hydrogens (tertiary/aromatic N) is 3. The van der Waals surface area contributed by atoms with Crippen LogP contribution in [0.5, 0.6) is 0 Å². The van der Waals surface area contributed by atoms with E-state index in [0.717, 1.165) is 0 Å². The number of nitrogens with two attached hydrogens (primary N) is 1. The number of rotatable bonds is 6. The van der Waals surface area contributed by atoms with Gasteiger partial charge in [-0.15, -0.1) is 0 Å². The van der Waals surface area contributed by atoms with Crippen LogP contribution >= 0.6 is 0 Å². The summed E-state index contributed by atoms with van der Waals surface area (Å²) >= 11 is 0. The summed E-state index contributed by atoms with van der Waals surface area (Å²) in [5.41, 5.74) is 7.43. The van der Waals surface area contributed by atoms with Crippen LogP contribution < -0.4 is 10.5 Å². The van der Waals surface area contributed by atoms with Gasteiger partial charge in [-0.05, 0) is 36.2 Å². The molecule has 142 valence electrons. The van der Waals surface area contributed by atoms with E-state index < -0.39 is 16.8 Å². The van der Waals surface area contributed by atoms with Crippen molar-refractivity contribution in [1.29, 1.82) is 5.26 Å². The predicted octanol–water partition coefficient (Wildman–Crippen LogP) is 3.45. The summed E-state index contributed by atoms with van der Waals surface area (Å²) in [6, 6.07) is 13.6. The molecule has 0 radical (unpaired) electrons. The number of hydrogen-bond acceptors (Lipinski definition) is 5. The van der Waals surface area contributed by atoms with Gasteiger partial charge in [-0.25, -0.2) is 18.3 Å². The normalized spacial score (nSPS) is 12.9. The van der Waals surface area contributed by atoms with E-state index in [1.54, 1.807) is 43.3 Å². The van der Waals surface area contributed by atoms with Crippen LogP contribution in [-0.2, 0) is 11.0 Å². The number of halogens is 1. The Hall–Kier alpha value is -3.15. The van der Waals surface area contributed by atoms with Crippen molar-refractivity contribution in [3.63, 3.8) is 0 Å². The SMILES string of the molecule is C[C@@H](CC#N)NS(=O)c1ccccc1-c1ccc(-c2cnc(N)cn2)c(F)c1. The number of hydrogen-bond donors (Lipinski definition) is 2. The van der Waals surface area contributed by atoms with Gasteiger partial charge < -0.3 is 5.73 Å². The van der Waals surface area contributed by atoms with Gasteiger partial charge in [-0.2, -0.15) is 5.26 Å². The molecule has 3 aromatic rings. The summed E-state index contributed by atoms with van der Waals surface area (Å²) in [4.78, 5) is 8.55. The van der Waals surface area contributed by atoms with Crippen molar-refractivity contribution in [2.45, 2.75) is 24.3 Å². The molecule has 2 aromatic carbocycles. The Kier molecular flexibility index (Phi) is 6.09. The van der Waals surface area contributed by atoms with Crippen LogP contribution in [-0.4, -0.2) is 20.2 Å². The van der Waals surface area contributed by atoms with E-state index in [1.807, 2.05) is 6.07 Å². The van der Waals surface area contributed by atoms with E-state index in [4.69, 9.17) is 11.0 Å². The van der Waals surface area contributed by atoms with Crippen LogP contribution in [0.1, 0.15) is 13.3 Å². The first-order chi connectivity index (χ1) is 13.5. The van der Waals surface area contributed by atoms with E-state index in [1.165, 1.54) is 18.5 Å². The lowest BCUT2D eigenvalue weighted by molar-refractivity contribution is 0.630. The second kappa shape index (κ2) is 8.69. The number of benzene rings is 2. The van der Waals surface area contributed by atoms with E-state index >= 15 is 0 Å². The third-order valence-electron chi connectivity index (χ3n) is 4.02. The summed E-state index contributed by atoms with van der Waals surface area (Å²) in [5, 5.41) is 8.77. The molecule has 1 unspecified atom stereocenters. The molecule has 1 heterocycles. The van der Waals surface area contributed by atoms with Gasteiger partial charge in [0, 0.05) is 11.6 Å². The van der Waals surface area contributed by atoms with Crippen molar-refractivity contribution in [3.8, 4) is 28.5 Å². The third kappa shape index (κ3) is 4.39. The second-order valence-corrected chi connectivity index (χ2v) is 7.38. The van der Waals surface area contributed by atoms with Crippen molar-refractivity contribution in [2.24, 2.45) is 0 Å². The van der Waals surface area contributed by atoms with Gasteiger partial charge in [0.1, 0.15) is 22.6 Å². The van der Waals surface area contributed by atoms with Gasteiger partial charge in [0.25, 0.3) is 0 Å². The van der Waals surface area contributed by atoms with Gasteiger partial charge in [0.05, 0.1) is 35.5 Å². The number of aromatic nitrogens is 2. The summed E-state index contributed by atoms with van der Waals surface area (Å²) < 4.78 is 30.3. The molecule has 2 atom stereocenters. The fourth-order valence-electron chi connectivity index (χ4n) is 2.66. The molecule has 0 saturated heterocycles. The molecule has 6 nitrogen and oxygen atoms in total. The molecule has 1 aromatic heterocycles. The molecule has 3 rings (SSSR count). The second-order valence-electron chi connectivity index (χ2n) is 6.17. The largest absolute Gasteiger partial charge is 0.382 e. The molecule has 0 bridgehead atoms. The van der Waals surface area contributed by atoms with Crippen LogP contribution in [0.15, 0.2) is 59.8 Å². The van der Waals surface area contributed by atoms with Crippen LogP contribution in [0.3, 0.4) is 0 Å². The van der Waals surface area contributed by atoms with Crippen molar-refractivity contribution < 1.29 is 8.60 Å². The monoisotopic (exact) mass is 395 g/mol. The maximum absolute atomic E-state index is 14.7. The molecule has 0 aliphatic rings. The van der Waals surface area contributed by atoms with Gasteiger partial charge in [-0.1, -0.05) is 24.3 Å². The van der Waals surface area contributed by atoms with E-state index in [-0.39, 0.29) is 18.3 Å². The minimum atomic E-state index is -1.54. The average molecular weight is 395 g/mol. The van der Waals surface area contributed by atoms with Crippen molar-refractivity contribution in [3.05, 3.63) is 60.7 Å². The molecule has 0 saturated carbocycles. The maximum atomic E-state index is 14.7. The lowest BCUT2D eigenvalue weighted by Gasteiger charge is -2.14. The zero-order valence-electron chi connectivity index (χ0n) is 15.1. The van der Waals surface area contributed by atoms with E-state index in [0.29, 0.717) is 27.3 Å². The van der Waals surface area contributed by atoms with Crippen LogP contribution in [0.4, 0.5) is 10.2 Å². The van der Waals surface area contributed by atoms with Gasteiger partial charge >= 0.3 is 0 Å². The summed E-state index contributed by atoms with van der Waals surface area (Å²) in [6.45, 7) is 1.78. The maximum Gasteiger partial charge on any atom is 0.141 e. The zero-order chi connectivity index (χ0) is 20.1. The van der Waals surface area contributed by atoms with E-state index in [9.17, 15) is 8.60 Å². The average Bonchev–Trinajstić information content (AvgIpc) is 2.69. The number of nitrogens with one attached hydrogen (secondary N) is 1. The van der Waals surface area contributed by atoms with Crippen molar-refractivity contribution in [1.82, 2.24) is 14.7 Å². The smallest absolute Gasteiger partial charge is 0.141 e. The topological polar surface area (TPSA) is 105 Å². The molecule has 0 fully saturated rings. The molecule has 3 N–H and O–H groups in total. The lowest BCUT2D eigenvalue weighted by Crippen LogP contribution is -2.27. The van der Waals surface area contributed by atoms with Gasteiger partial charge in [0.2, 0.25) is 0 Å². The first-order valence-corrected chi connectivity index (χ1v) is 9.66. The minimum absolute atomic E-state index is 0.234. The highest BCUT2D eigenvalue weighted by Gasteiger charge is 2.15. The van der Waals surface area contributed by atoms with Crippen molar-refractivity contribution in [2.75, 3.05) is 5.73 Å². The summed E-state index contributed by atoms with van der Waals surface area (Å²) in [6.07, 6.45) is 3.02. The predicted molar refractivity (Wildman–Crippen MR) is 107 cm³/mol. The highest BCUT2D eigenvalue weighted by atomic mass is 32.2. The highest BCUT2D eigenvalue weighted by molar-refractivity contribution is 7.83. The summed E-state index contributed by atoms with van der Waals surface area (Å²) in [7, 11) is -1.54. The van der Waals surface area contributed by atoms with Gasteiger partial charge in [-0.3, -0.25) is 4.98 Å². The quantitative estimate of drug-likeness (QED) is 0.665. The van der Waals surface area contributed by atoms with Crippen LogP contribution in [0, 0.1) is 17.1 Å². The molecule has 0 aliphatic heterocycles. The molecule has 0 aliphatic carbocycles. The third-order valence-corrected chi connectivity index (χ3v) is 5.39. The Labute approximate surface area is 164 Å². The lowest BCUT2D eigenvalue weighted by atomic mass is 10.0. The molecular formula is C20H18FN5OS. The molecule has 0 spiro atoms. The summed E-state index contributed by atoms with van der Waals surface area (Å²) in [5.74, 6) is -0.210. The Bertz CT molecular complexity index is 1050. The van der Waals surface area contributed by atoms with Crippen molar-refractivity contribution >= 4 is 16.8 Å². The van der Waals surface area contributed by atoms with Crippen LogP contribution in [0.2, 0.25) is 0 Å².